The highest BCUT2D eigenvalue weighted by molar-refractivity contribution is 7.99. The van der Waals surface area contributed by atoms with Crippen LogP contribution in [0.5, 0.6) is 0 Å². The quantitative estimate of drug-likeness (QED) is 0.572. The number of benzene rings is 2. The summed E-state index contributed by atoms with van der Waals surface area (Å²) < 4.78 is 15.9. The molecule has 5 nitrogen and oxygen atoms in total. The monoisotopic (exact) mass is 398 g/mol. The number of halogens is 1. The van der Waals surface area contributed by atoms with Crippen molar-refractivity contribution in [2.24, 2.45) is 0 Å². The van der Waals surface area contributed by atoms with Crippen LogP contribution in [0.15, 0.2) is 53.7 Å². The van der Waals surface area contributed by atoms with Gasteiger partial charge in [0, 0.05) is 12.2 Å². The highest BCUT2D eigenvalue weighted by atomic mass is 32.2. The first-order chi connectivity index (χ1) is 13.5. The van der Waals surface area contributed by atoms with E-state index in [2.05, 4.69) is 29.4 Å². The summed E-state index contributed by atoms with van der Waals surface area (Å²) in [7, 11) is 0. The van der Waals surface area contributed by atoms with E-state index in [1.54, 1.807) is 18.2 Å². The zero-order valence-electron chi connectivity index (χ0n) is 16.1. The van der Waals surface area contributed by atoms with Gasteiger partial charge in [-0.05, 0) is 36.6 Å². The Hall–Kier alpha value is -2.67. The van der Waals surface area contributed by atoms with Gasteiger partial charge in [-0.15, -0.1) is 10.2 Å². The topological polar surface area (TPSA) is 59.8 Å². The van der Waals surface area contributed by atoms with Gasteiger partial charge in [0.05, 0.1) is 11.3 Å². The van der Waals surface area contributed by atoms with Gasteiger partial charge < -0.3 is 9.88 Å². The largest absolute Gasteiger partial charge is 0.325 e. The number of aromatic nitrogens is 3. The second-order valence-electron chi connectivity index (χ2n) is 6.61. The smallest absolute Gasteiger partial charge is 0.234 e. The minimum absolute atomic E-state index is 0.115. The predicted octanol–water partition coefficient (Wildman–Crippen LogP) is 4.96. The number of carbonyl (C=O) groups is 1. The summed E-state index contributed by atoms with van der Waals surface area (Å²) >= 11 is 1.29. The standard InChI is InChI=1S/C21H23FN4OS/c1-4-26-20(16-10-5-7-11-17(16)22)24-25-21(26)28-13-19(27)23-18-12-8-6-9-15(18)14(2)3/h5-12,14H,4,13H2,1-3H3,(H,23,27). The highest BCUT2D eigenvalue weighted by Gasteiger charge is 2.17. The third-order valence-electron chi connectivity index (χ3n) is 4.34. The van der Waals surface area contributed by atoms with Crippen molar-refractivity contribution in [1.29, 1.82) is 0 Å². The first-order valence-corrected chi connectivity index (χ1v) is 10.2. The van der Waals surface area contributed by atoms with Crippen LogP contribution in [-0.4, -0.2) is 26.4 Å². The number of para-hydroxylation sites is 1. The molecule has 0 aliphatic rings. The van der Waals surface area contributed by atoms with Gasteiger partial charge in [0.1, 0.15) is 5.82 Å². The van der Waals surface area contributed by atoms with E-state index in [0.29, 0.717) is 29.0 Å². The summed E-state index contributed by atoms with van der Waals surface area (Å²) in [6, 6.07) is 14.3. The predicted molar refractivity (Wildman–Crippen MR) is 111 cm³/mol. The molecule has 2 aromatic carbocycles. The Morgan fingerprint density at radius 2 is 1.86 bits per heavy atom. The van der Waals surface area contributed by atoms with Crippen LogP contribution in [0.3, 0.4) is 0 Å². The first kappa shape index (κ1) is 20.1. The number of amides is 1. The van der Waals surface area contributed by atoms with Crippen molar-refractivity contribution in [3.63, 3.8) is 0 Å². The molecule has 0 aliphatic carbocycles. The maximum Gasteiger partial charge on any atom is 0.234 e. The second kappa shape index (κ2) is 9.01. The van der Waals surface area contributed by atoms with Crippen LogP contribution >= 0.6 is 11.8 Å². The number of anilines is 1. The lowest BCUT2D eigenvalue weighted by atomic mass is 10.0. The Kier molecular flexibility index (Phi) is 6.46. The summed E-state index contributed by atoms with van der Waals surface area (Å²) in [5, 5.41) is 11.9. The first-order valence-electron chi connectivity index (χ1n) is 9.21. The van der Waals surface area contributed by atoms with E-state index in [1.165, 1.54) is 17.8 Å². The number of nitrogens with one attached hydrogen (secondary N) is 1. The van der Waals surface area contributed by atoms with Gasteiger partial charge in [-0.25, -0.2) is 4.39 Å². The number of thioether (sulfide) groups is 1. The van der Waals surface area contributed by atoms with Crippen LogP contribution in [0, 0.1) is 5.82 Å². The van der Waals surface area contributed by atoms with Crippen LogP contribution < -0.4 is 5.32 Å². The average molecular weight is 399 g/mol. The molecule has 146 valence electrons. The Bertz CT molecular complexity index is 971. The Morgan fingerprint density at radius 3 is 2.57 bits per heavy atom. The van der Waals surface area contributed by atoms with Crippen LogP contribution in [-0.2, 0) is 11.3 Å². The van der Waals surface area contributed by atoms with Crippen molar-refractivity contribution in [3.8, 4) is 11.4 Å². The van der Waals surface area contributed by atoms with Gasteiger partial charge in [-0.2, -0.15) is 0 Å². The highest BCUT2D eigenvalue weighted by Crippen LogP contribution is 2.27. The average Bonchev–Trinajstić information content (AvgIpc) is 3.09. The normalized spacial score (nSPS) is 11.0. The van der Waals surface area contributed by atoms with E-state index in [-0.39, 0.29) is 17.5 Å². The van der Waals surface area contributed by atoms with E-state index in [9.17, 15) is 9.18 Å². The molecule has 0 spiro atoms. The fraction of sp³-hybridized carbons (Fsp3) is 0.286. The molecule has 0 fully saturated rings. The molecule has 0 atom stereocenters. The molecule has 28 heavy (non-hydrogen) atoms. The summed E-state index contributed by atoms with van der Waals surface area (Å²) in [6.45, 7) is 6.70. The maximum absolute atomic E-state index is 14.1. The van der Waals surface area contributed by atoms with E-state index >= 15 is 0 Å². The Morgan fingerprint density at radius 1 is 1.14 bits per heavy atom. The molecule has 0 bridgehead atoms. The summed E-state index contributed by atoms with van der Waals surface area (Å²) in [5.74, 6) is 0.520. The number of rotatable bonds is 7. The summed E-state index contributed by atoms with van der Waals surface area (Å²) in [4.78, 5) is 12.4. The van der Waals surface area contributed by atoms with Crippen LogP contribution in [0.2, 0.25) is 0 Å². The van der Waals surface area contributed by atoms with Crippen molar-refractivity contribution in [2.45, 2.75) is 38.4 Å². The van der Waals surface area contributed by atoms with E-state index < -0.39 is 0 Å². The van der Waals surface area contributed by atoms with Gasteiger partial charge >= 0.3 is 0 Å². The Balaban J connectivity index is 1.72. The minimum Gasteiger partial charge on any atom is -0.325 e. The molecule has 0 saturated carbocycles. The molecule has 3 rings (SSSR count). The number of hydrogen-bond donors (Lipinski definition) is 1. The molecule has 0 unspecified atom stereocenters. The molecule has 1 N–H and O–H groups in total. The van der Waals surface area contributed by atoms with Crippen LogP contribution in [0.4, 0.5) is 10.1 Å². The molecule has 1 heterocycles. The molecule has 1 amide bonds. The second-order valence-corrected chi connectivity index (χ2v) is 7.55. The number of nitrogens with zero attached hydrogens (tertiary/aromatic N) is 3. The van der Waals surface area contributed by atoms with E-state index in [0.717, 1.165) is 11.3 Å². The lowest BCUT2D eigenvalue weighted by Crippen LogP contribution is -2.16. The lowest BCUT2D eigenvalue weighted by Gasteiger charge is -2.13. The third-order valence-corrected chi connectivity index (χ3v) is 5.30. The fourth-order valence-electron chi connectivity index (χ4n) is 2.95. The van der Waals surface area contributed by atoms with Gasteiger partial charge in [0.2, 0.25) is 5.91 Å². The van der Waals surface area contributed by atoms with Gasteiger partial charge in [0.15, 0.2) is 11.0 Å². The molecule has 0 saturated heterocycles. The van der Waals surface area contributed by atoms with Crippen molar-refractivity contribution < 1.29 is 9.18 Å². The van der Waals surface area contributed by atoms with Crippen molar-refractivity contribution in [3.05, 3.63) is 59.9 Å². The van der Waals surface area contributed by atoms with Gasteiger partial charge in [0.25, 0.3) is 0 Å². The van der Waals surface area contributed by atoms with Crippen LogP contribution in [0.25, 0.3) is 11.4 Å². The molecular weight excluding hydrogens is 375 g/mol. The molecule has 0 aliphatic heterocycles. The maximum atomic E-state index is 14.1. The number of carbonyl (C=O) groups excluding carboxylic acids is 1. The molecule has 7 heteroatoms. The Labute approximate surface area is 168 Å². The van der Waals surface area contributed by atoms with Gasteiger partial charge in [-0.3, -0.25) is 4.79 Å². The van der Waals surface area contributed by atoms with Gasteiger partial charge in [-0.1, -0.05) is 55.9 Å². The van der Waals surface area contributed by atoms with Crippen LogP contribution in [0.1, 0.15) is 32.3 Å². The molecular formula is C21H23FN4OS. The summed E-state index contributed by atoms with van der Waals surface area (Å²) in [5.41, 5.74) is 2.32. The zero-order chi connectivity index (χ0) is 20.1. The number of hydrogen-bond acceptors (Lipinski definition) is 4. The third kappa shape index (κ3) is 4.42. The lowest BCUT2D eigenvalue weighted by molar-refractivity contribution is -0.113. The van der Waals surface area contributed by atoms with Crippen molar-refractivity contribution >= 4 is 23.4 Å². The minimum atomic E-state index is -0.343. The summed E-state index contributed by atoms with van der Waals surface area (Å²) in [6.07, 6.45) is 0. The van der Waals surface area contributed by atoms with E-state index in [4.69, 9.17) is 0 Å². The van der Waals surface area contributed by atoms with E-state index in [1.807, 2.05) is 35.8 Å². The molecule has 3 aromatic rings. The fourth-order valence-corrected chi connectivity index (χ4v) is 3.76. The van der Waals surface area contributed by atoms with Crippen molar-refractivity contribution in [1.82, 2.24) is 14.8 Å². The zero-order valence-corrected chi connectivity index (χ0v) is 17.0. The van der Waals surface area contributed by atoms with Crippen molar-refractivity contribution in [2.75, 3.05) is 11.1 Å². The molecule has 1 aromatic heterocycles. The molecule has 0 radical (unpaired) electrons. The SMILES string of the molecule is CCn1c(SCC(=O)Nc2ccccc2C(C)C)nnc1-c1ccccc1F.